The predicted octanol–water partition coefficient (Wildman–Crippen LogP) is 2.98. The summed E-state index contributed by atoms with van der Waals surface area (Å²) in [6.45, 7) is 1.79. The van der Waals surface area contributed by atoms with E-state index in [4.69, 9.17) is 4.42 Å². The quantitative estimate of drug-likeness (QED) is 0.805. The van der Waals surface area contributed by atoms with Crippen molar-refractivity contribution in [3.63, 3.8) is 0 Å². The molecule has 1 amide bonds. The molecule has 0 aliphatic heterocycles. The lowest BCUT2D eigenvalue weighted by atomic mass is 10.1. The summed E-state index contributed by atoms with van der Waals surface area (Å²) >= 11 is 0. The summed E-state index contributed by atoms with van der Waals surface area (Å²) in [5.41, 5.74) is 1.34. The van der Waals surface area contributed by atoms with Crippen molar-refractivity contribution in [2.75, 3.05) is 0 Å². The molecule has 2 heterocycles. The standard InChI is InChI=1S/C17H16FN3O2/c1-11-6-9-23-15(11)17(22)20-14(16-19-7-8-21(16)2)12-4-3-5-13(18)10-12/h3-10,14H,1-2H3,(H,20,22). The van der Waals surface area contributed by atoms with Gasteiger partial charge in [-0.15, -0.1) is 0 Å². The number of furan rings is 1. The fourth-order valence-corrected chi connectivity index (χ4v) is 2.44. The lowest BCUT2D eigenvalue weighted by Gasteiger charge is -2.19. The summed E-state index contributed by atoms with van der Waals surface area (Å²) in [5, 5.41) is 2.86. The largest absolute Gasteiger partial charge is 0.459 e. The minimum absolute atomic E-state index is 0.237. The Labute approximate surface area is 132 Å². The van der Waals surface area contributed by atoms with Gasteiger partial charge in [-0.1, -0.05) is 12.1 Å². The molecule has 3 rings (SSSR count). The van der Waals surface area contributed by atoms with E-state index < -0.39 is 6.04 Å². The van der Waals surface area contributed by atoms with Crippen molar-refractivity contribution >= 4 is 5.91 Å². The minimum atomic E-state index is -0.581. The number of amides is 1. The molecule has 0 radical (unpaired) electrons. The van der Waals surface area contributed by atoms with Gasteiger partial charge in [0.15, 0.2) is 5.76 Å². The zero-order valence-corrected chi connectivity index (χ0v) is 12.8. The molecule has 0 spiro atoms. The van der Waals surface area contributed by atoms with Crippen LogP contribution in [0.3, 0.4) is 0 Å². The van der Waals surface area contributed by atoms with Crippen LogP contribution in [0.1, 0.15) is 33.5 Å². The highest BCUT2D eigenvalue weighted by Crippen LogP contribution is 2.22. The van der Waals surface area contributed by atoms with Gasteiger partial charge in [-0.25, -0.2) is 9.37 Å². The zero-order chi connectivity index (χ0) is 16.4. The van der Waals surface area contributed by atoms with E-state index in [0.29, 0.717) is 11.4 Å². The molecule has 1 aromatic carbocycles. The van der Waals surface area contributed by atoms with E-state index in [9.17, 15) is 9.18 Å². The maximum absolute atomic E-state index is 13.6. The van der Waals surface area contributed by atoms with Crippen molar-refractivity contribution in [1.29, 1.82) is 0 Å². The summed E-state index contributed by atoms with van der Waals surface area (Å²) in [5.74, 6) is 0.101. The van der Waals surface area contributed by atoms with Crippen LogP contribution in [0.5, 0.6) is 0 Å². The van der Waals surface area contributed by atoms with Gasteiger partial charge in [0.2, 0.25) is 0 Å². The van der Waals surface area contributed by atoms with E-state index in [0.717, 1.165) is 5.56 Å². The summed E-state index contributed by atoms with van der Waals surface area (Å²) in [7, 11) is 1.82. The maximum atomic E-state index is 13.6. The Morgan fingerprint density at radius 1 is 1.39 bits per heavy atom. The Morgan fingerprint density at radius 2 is 2.22 bits per heavy atom. The van der Waals surface area contributed by atoms with Crippen LogP contribution in [0.4, 0.5) is 4.39 Å². The molecule has 0 saturated heterocycles. The Kier molecular flexibility index (Phi) is 3.97. The molecule has 0 fully saturated rings. The van der Waals surface area contributed by atoms with Gasteiger partial charge in [-0.2, -0.15) is 0 Å². The normalized spacial score (nSPS) is 12.1. The molecule has 3 aromatic rings. The molecular weight excluding hydrogens is 297 g/mol. The average molecular weight is 313 g/mol. The van der Waals surface area contributed by atoms with E-state index in [2.05, 4.69) is 10.3 Å². The predicted molar refractivity (Wildman–Crippen MR) is 82.4 cm³/mol. The van der Waals surface area contributed by atoms with Crippen LogP contribution in [0.25, 0.3) is 0 Å². The van der Waals surface area contributed by atoms with Gasteiger partial charge >= 0.3 is 0 Å². The third-order valence-electron chi connectivity index (χ3n) is 3.64. The minimum Gasteiger partial charge on any atom is -0.459 e. The number of aromatic nitrogens is 2. The van der Waals surface area contributed by atoms with Crippen LogP contribution in [-0.2, 0) is 7.05 Å². The van der Waals surface area contributed by atoms with Gasteiger partial charge in [0, 0.05) is 25.0 Å². The lowest BCUT2D eigenvalue weighted by molar-refractivity contribution is 0.0912. The number of aryl methyl sites for hydroxylation is 2. The lowest BCUT2D eigenvalue weighted by Crippen LogP contribution is -2.31. The molecule has 6 heteroatoms. The smallest absolute Gasteiger partial charge is 0.288 e. The van der Waals surface area contributed by atoms with Crippen LogP contribution in [-0.4, -0.2) is 15.5 Å². The van der Waals surface area contributed by atoms with Crippen molar-refractivity contribution < 1.29 is 13.6 Å². The topological polar surface area (TPSA) is 60.1 Å². The number of nitrogens with one attached hydrogen (secondary N) is 1. The van der Waals surface area contributed by atoms with Gasteiger partial charge in [0.25, 0.3) is 5.91 Å². The Balaban J connectivity index is 1.98. The number of carbonyl (C=O) groups excluding carboxylic acids is 1. The molecule has 23 heavy (non-hydrogen) atoms. The second kappa shape index (κ2) is 6.08. The highest BCUT2D eigenvalue weighted by atomic mass is 19.1. The number of benzene rings is 1. The average Bonchev–Trinajstić information content (AvgIpc) is 3.13. The second-order valence-corrected chi connectivity index (χ2v) is 5.29. The molecule has 1 unspecified atom stereocenters. The van der Waals surface area contributed by atoms with Crippen molar-refractivity contribution in [2.45, 2.75) is 13.0 Å². The number of halogens is 1. The summed E-state index contributed by atoms with van der Waals surface area (Å²) in [4.78, 5) is 16.7. The summed E-state index contributed by atoms with van der Waals surface area (Å²) < 4.78 is 20.6. The number of nitrogens with zero attached hydrogens (tertiary/aromatic N) is 2. The van der Waals surface area contributed by atoms with Crippen molar-refractivity contribution in [2.24, 2.45) is 7.05 Å². The van der Waals surface area contributed by atoms with Crippen LogP contribution in [0.15, 0.2) is 53.4 Å². The third kappa shape index (κ3) is 3.01. The van der Waals surface area contributed by atoms with Gasteiger partial charge in [-0.3, -0.25) is 4.79 Å². The van der Waals surface area contributed by atoms with Gasteiger partial charge < -0.3 is 14.3 Å². The van der Waals surface area contributed by atoms with Crippen molar-refractivity contribution in [1.82, 2.24) is 14.9 Å². The highest BCUT2D eigenvalue weighted by molar-refractivity contribution is 5.93. The Bertz CT molecular complexity index is 838. The van der Waals surface area contributed by atoms with E-state index in [-0.39, 0.29) is 17.5 Å². The monoisotopic (exact) mass is 313 g/mol. The Hall–Kier alpha value is -2.89. The molecule has 2 aromatic heterocycles. The molecule has 5 nitrogen and oxygen atoms in total. The molecule has 0 bridgehead atoms. The third-order valence-corrected chi connectivity index (χ3v) is 3.64. The fourth-order valence-electron chi connectivity index (χ4n) is 2.44. The number of carbonyl (C=O) groups is 1. The van der Waals surface area contributed by atoms with Crippen LogP contribution in [0, 0.1) is 12.7 Å². The van der Waals surface area contributed by atoms with Crippen molar-refractivity contribution in [3.8, 4) is 0 Å². The molecule has 1 N–H and O–H groups in total. The first kappa shape index (κ1) is 15.0. The molecule has 118 valence electrons. The maximum Gasteiger partial charge on any atom is 0.288 e. The van der Waals surface area contributed by atoms with E-state index in [1.807, 2.05) is 7.05 Å². The number of rotatable bonds is 4. The fraction of sp³-hybridized carbons (Fsp3) is 0.176. The SMILES string of the molecule is Cc1ccoc1C(=O)NC(c1cccc(F)c1)c1nccn1C. The first-order chi connectivity index (χ1) is 11.1. The first-order valence-corrected chi connectivity index (χ1v) is 7.14. The number of imidazole rings is 1. The van der Waals surface area contributed by atoms with E-state index in [1.54, 1.807) is 42.1 Å². The molecular formula is C17H16FN3O2. The van der Waals surface area contributed by atoms with Crippen LogP contribution < -0.4 is 5.32 Å². The first-order valence-electron chi connectivity index (χ1n) is 7.14. The van der Waals surface area contributed by atoms with Gasteiger partial charge in [-0.05, 0) is 30.7 Å². The molecule has 0 aliphatic carbocycles. The van der Waals surface area contributed by atoms with Gasteiger partial charge in [0.1, 0.15) is 17.7 Å². The number of hydrogen-bond acceptors (Lipinski definition) is 3. The molecule has 0 aliphatic rings. The summed E-state index contributed by atoms with van der Waals surface area (Å²) in [6.07, 6.45) is 4.86. The van der Waals surface area contributed by atoms with Gasteiger partial charge in [0.05, 0.1) is 6.26 Å². The van der Waals surface area contributed by atoms with Crippen LogP contribution >= 0.6 is 0 Å². The van der Waals surface area contributed by atoms with E-state index >= 15 is 0 Å². The number of hydrogen-bond donors (Lipinski definition) is 1. The van der Waals surface area contributed by atoms with Crippen molar-refractivity contribution in [3.05, 3.63) is 77.5 Å². The molecule has 0 saturated carbocycles. The van der Waals surface area contributed by atoms with E-state index in [1.165, 1.54) is 18.4 Å². The zero-order valence-electron chi connectivity index (χ0n) is 12.8. The molecule has 1 atom stereocenters. The second-order valence-electron chi connectivity index (χ2n) is 5.29. The Morgan fingerprint density at radius 3 is 2.83 bits per heavy atom. The highest BCUT2D eigenvalue weighted by Gasteiger charge is 2.23. The summed E-state index contributed by atoms with van der Waals surface area (Å²) in [6, 6.07) is 7.23. The van der Waals surface area contributed by atoms with Crippen LogP contribution in [0.2, 0.25) is 0 Å².